The predicted molar refractivity (Wildman–Crippen MR) is 82.3 cm³/mol. The fourth-order valence-corrected chi connectivity index (χ4v) is 2.77. The van der Waals surface area contributed by atoms with Crippen LogP contribution in [0.1, 0.15) is 27.2 Å². The quantitative estimate of drug-likeness (QED) is 0.651. The van der Waals surface area contributed by atoms with Crippen molar-refractivity contribution in [1.82, 2.24) is 4.57 Å². The van der Waals surface area contributed by atoms with Crippen molar-refractivity contribution in [2.24, 2.45) is 0 Å². The minimum atomic E-state index is 0.798. The smallest absolute Gasteiger partial charge is 0.152 e. The molecule has 0 unspecified atom stereocenters. The van der Waals surface area contributed by atoms with Gasteiger partial charge in [0.05, 0.1) is 0 Å². The summed E-state index contributed by atoms with van der Waals surface area (Å²) in [5.74, 6) is 0. The number of benzene rings is 2. The molecule has 0 radical (unpaired) electrons. The second-order valence-corrected chi connectivity index (χ2v) is 5.15. The van der Waals surface area contributed by atoms with Crippen molar-refractivity contribution in [3.05, 3.63) is 70.9 Å². The lowest BCUT2D eigenvalue weighted by molar-refractivity contribution is 0.112. The molecule has 0 saturated heterocycles. The summed E-state index contributed by atoms with van der Waals surface area (Å²) < 4.78 is 2.22. The number of carbonyl (C=O) groups is 1. The maximum absolute atomic E-state index is 11.4. The molecule has 0 saturated carbocycles. The third-order valence-electron chi connectivity index (χ3n) is 3.99. The van der Waals surface area contributed by atoms with Gasteiger partial charge in [0, 0.05) is 28.7 Å². The van der Waals surface area contributed by atoms with Crippen LogP contribution in [0.15, 0.2) is 48.5 Å². The molecule has 2 heteroatoms. The topological polar surface area (TPSA) is 22.0 Å². The first kappa shape index (κ1) is 12.7. The number of hydrogen-bond acceptors (Lipinski definition) is 1. The van der Waals surface area contributed by atoms with Crippen molar-refractivity contribution >= 4 is 17.2 Å². The van der Waals surface area contributed by atoms with E-state index in [9.17, 15) is 4.79 Å². The number of fused-ring (bicyclic) bond motifs is 1. The van der Waals surface area contributed by atoms with Crippen molar-refractivity contribution in [3.63, 3.8) is 0 Å². The summed E-state index contributed by atoms with van der Waals surface area (Å²) in [6.07, 6.45) is 0.964. The highest BCUT2D eigenvalue weighted by Gasteiger charge is 2.13. The van der Waals surface area contributed by atoms with Gasteiger partial charge in [0.1, 0.15) is 0 Å². The van der Waals surface area contributed by atoms with Crippen LogP contribution in [0.2, 0.25) is 0 Å². The molecule has 0 aliphatic carbocycles. The number of aromatic nitrogens is 1. The van der Waals surface area contributed by atoms with E-state index in [2.05, 4.69) is 41.8 Å². The van der Waals surface area contributed by atoms with Crippen LogP contribution in [0, 0.1) is 13.8 Å². The molecule has 100 valence electrons. The minimum Gasteiger partial charge on any atom is -0.340 e. The molecule has 0 amide bonds. The molecule has 0 N–H and O–H groups in total. The van der Waals surface area contributed by atoms with E-state index in [1.165, 1.54) is 11.1 Å². The van der Waals surface area contributed by atoms with Gasteiger partial charge in [-0.3, -0.25) is 4.79 Å². The summed E-state index contributed by atoms with van der Waals surface area (Å²) in [6, 6.07) is 16.5. The molecule has 0 aliphatic heterocycles. The van der Waals surface area contributed by atoms with Gasteiger partial charge in [0.2, 0.25) is 0 Å². The molecule has 0 bridgehead atoms. The zero-order chi connectivity index (χ0) is 14.1. The largest absolute Gasteiger partial charge is 0.340 e. The number of nitrogens with zero attached hydrogens (tertiary/aromatic N) is 1. The van der Waals surface area contributed by atoms with E-state index in [0.29, 0.717) is 0 Å². The molecule has 1 heterocycles. The number of rotatable bonds is 3. The van der Waals surface area contributed by atoms with Crippen molar-refractivity contribution in [3.8, 4) is 0 Å². The summed E-state index contributed by atoms with van der Waals surface area (Å²) in [4.78, 5) is 11.4. The number of carbonyl (C=O) groups excluding carboxylic acids is 1. The van der Waals surface area contributed by atoms with Crippen LogP contribution in [0.3, 0.4) is 0 Å². The zero-order valence-corrected chi connectivity index (χ0v) is 11.8. The lowest BCUT2D eigenvalue weighted by Gasteiger charge is -2.11. The van der Waals surface area contributed by atoms with Crippen LogP contribution in [0.4, 0.5) is 0 Å². The van der Waals surface area contributed by atoms with Gasteiger partial charge in [0.25, 0.3) is 0 Å². The Kier molecular flexibility index (Phi) is 3.15. The second kappa shape index (κ2) is 4.97. The van der Waals surface area contributed by atoms with Crippen molar-refractivity contribution in [2.45, 2.75) is 20.4 Å². The van der Waals surface area contributed by atoms with Gasteiger partial charge in [-0.2, -0.15) is 0 Å². The third-order valence-corrected chi connectivity index (χ3v) is 3.99. The van der Waals surface area contributed by atoms with Crippen molar-refractivity contribution in [2.75, 3.05) is 0 Å². The number of aldehydes is 1. The lowest BCUT2D eigenvalue weighted by Crippen LogP contribution is -2.03. The minimum absolute atomic E-state index is 0.798. The highest BCUT2D eigenvalue weighted by molar-refractivity contribution is 5.99. The Morgan fingerprint density at radius 1 is 1.00 bits per heavy atom. The Morgan fingerprint density at radius 2 is 1.70 bits per heavy atom. The average Bonchev–Trinajstić information content (AvgIpc) is 2.74. The van der Waals surface area contributed by atoms with Gasteiger partial charge in [-0.15, -0.1) is 0 Å². The Morgan fingerprint density at radius 3 is 2.45 bits per heavy atom. The van der Waals surface area contributed by atoms with Crippen LogP contribution in [-0.2, 0) is 6.54 Å². The molecule has 0 spiro atoms. The summed E-state index contributed by atoms with van der Waals surface area (Å²) in [6.45, 7) is 4.94. The van der Waals surface area contributed by atoms with E-state index in [1.807, 2.05) is 25.1 Å². The third kappa shape index (κ3) is 1.94. The maximum Gasteiger partial charge on any atom is 0.152 e. The number of aryl methyl sites for hydroxylation is 1. The highest BCUT2D eigenvalue weighted by Crippen LogP contribution is 2.25. The first-order valence-corrected chi connectivity index (χ1v) is 6.80. The molecule has 20 heavy (non-hydrogen) atoms. The zero-order valence-electron chi connectivity index (χ0n) is 11.8. The van der Waals surface area contributed by atoms with Gasteiger partial charge in [-0.25, -0.2) is 0 Å². The Balaban J connectivity index is 2.19. The van der Waals surface area contributed by atoms with Crippen LogP contribution >= 0.6 is 0 Å². The lowest BCUT2D eigenvalue weighted by atomic mass is 10.1. The molecule has 1 aromatic heterocycles. The van der Waals surface area contributed by atoms with E-state index in [0.717, 1.165) is 35.0 Å². The van der Waals surface area contributed by atoms with Gasteiger partial charge in [-0.05, 0) is 31.0 Å². The molecular weight excluding hydrogens is 246 g/mol. The normalized spacial score (nSPS) is 10.9. The Bertz CT molecular complexity index is 783. The van der Waals surface area contributed by atoms with Gasteiger partial charge in [-0.1, -0.05) is 42.5 Å². The van der Waals surface area contributed by atoms with E-state index >= 15 is 0 Å². The molecule has 2 nitrogen and oxygen atoms in total. The molecule has 3 aromatic rings. The van der Waals surface area contributed by atoms with Crippen LogP contribution < -0.4 is 0 Å². The van der Waals surface area contributed by atoms with Crippen molar-refractivity contribution < 1.29 is 4.79 Å². The first-order chi connectivity index (χ1) is 9.72. The first-order valence-electron chi connectivity index (χ1n) is 6.80. The molecule has 0 aliphatic rings. The maximum atomic E-state index is 11.4. The number of hydrogen-bond donors (Lipinski definition) is 0. The monoisotopic (exact) mass is 263 g/mol. The average molecular weight is 263 g/mol. The van der Waals surface area contributed by atoms with Gasteiger partial charge in [0.15, 0.2) is 6.29 Å². The molecule has 0 fully saturated rings. The molecular formula is C18H17NO. The van der Waals surface area contributed by atoms with E-state index in [-0.39, 0.29) is 0 Å². The Hall–Kier alpha value is -2.35. The fourth-order valence-electron chi connectivity index (χ4n) is 2.77. The molecule has 3 rings (SSSR count). The summed E-state index contributed by atoms with van der Waals surface area (Å²) in [7, 11) is 0. The van der Waals surface area contributed by atoms with E-state index < -0.39 is 0 Å². The molecule has 0 atom stereocenters. The van der Waals surface area contributed by atoms with E-state index in [1.54, 1.807) is 0 Å². The highest BCUT2D eigenvalue weighted by atomic mass is 16.1. The van der Waals surface area contributed by atoms with Crippen molar-refractivity contribution in [1.29, 1.82) is 0 Å². The van der Waals surface area contributed by atoms with Gasteiger partial charge < -0.3 is 4.57 Å². The summed E-state index contributed by atoms with van der Waals surface area (Å²) >= 11 is 0. The van der Waals surface area contributed by atoms with Crippen LogP contribution in [0.25, 0.3) is 10.9 Å². The summed E-state index contributed by atoms with van der Waals surface area (Å²) in [5.41, 5.74) is 5.51. The van der Waals surface area contributed by atoms with Crippen LogP contribution in [0.5, 0.6) is 0 Å². The van der Waals surface area contributed by atoms with E-state index in [4.69, 9.17) is 0 Å². The standard InChI is InChI=1S/C18H17NO/c1-13-7-3-4-8-15(13)11-19-14(2)17(12-20)16-9-5-6-10-18(16)19/h3-10,12H,11H2,1-2H3. The fraction of sp³-hybridized carbons (Fsp3) is 0.167. The molecule has 2 aromatic carbocycles. The second-order valence-electron chi connectivity index (χ2n) is 5.15. The predicted octanol–water partition coefficient (Wildman–Crippen LogP) is 4.12. The summed E-state index contributed by atoms with van der Waals surface area (Å²) in [5, 5.41) is 1.04. The number of para-hydroxylation sites is 1. The van der Waals surface area contributed by atoms with Crippen LogP contribution in [-0.4, -0.2) is 10.9 Å². The Labute approximate surface area is 118 Å². The van der Waals surface area contributed by atoms with Gasteiger partial charge >= 0.3 is 0 Å². The SMILES string of the molecule is Cc1ccccc1Cn1c(C)c(C=O)c2ccccc21.